The summed E-state index contributed by atoms with van der Waals surface area (Å²) >= 11 is 0. The third-order valence-corrected chi connectivity index (χ3v) is 6.14. The number of ether oxygens (including phenoxy) is 1. The number of hydrogen-bond donors (Lipinski definition) is 2. The number of carbonyl (C=O) groups excluding carboxylic acids is 2. The third kappa shape index (κ3) is 4.08. The number of nitrogens with zero attached hydrogens (tertiary/aromatic N) is 5. The highest BCUT2D eigenvalue weighted by molar-refractivity contribution is 6.10. The molecule has 1 fully saturated rings. The van der Waals surface area contributed by atoms with Gasteiger partial charge in [0.1, 0.15) is 11.7 Å². The molecule has 2 N–H and O–H groups in total. The Morgan fingerprint density at radius 3 is 2.88 bits per heavy atom. The van der Waals surface area contributed by atoms with E-state index < -0.39 is 12.3 Å². The van der Waals surface area contributed by atoms with Gasteiger partial charge < -0.3 is 25.0 Å². The van der Waals surface area contributed by atoms with Crippen LogP contribution in [0.3, 0.4) is 0 Å². The summed E-state index contributed by atoms with van der Waals surface area (Å²) in [6, 6.07) is 5.24. The van der Waals surface area contributed by atoms with Crippen LogP contribution in [0.5, 0.6) is 0 Å². The lowest BCUT2D eigenvalue weighted by Gasteiger charge is -2.31. The average molecular weight is 468 g/mol. The molecule has 0 radical (unpaired) electrons. The summed E-state index contributed by atoms with van der Waals surface area (Å²) in [6.07, 6.45) is 2.05. The number of anilines is 2. The van der Waals surface area contributed by atoms with Gasteiger partial charge in [-0.2, -0.15) is 5.10 Å². The molecule has 2 aromatic heterocycles. The van der Waals surface area contributed by atoms with E-state index in [4.69, 9.17) is 4.74 Å². The number of carbonyl (C=O) groups is 2. The quantitative estimate of drug-likeness (QED) is 0.564. The van der Waals surface area contributed by atoms with Gasteiger partial charge >= 0.3 is 0 Å². The molecular weight excluding hydrogens is 443 g/mol. The van der Waals surface area contributed by atoms with E-state index >= 15 is 0 Å². The van der Waals surface area contributed by atoms with E-state index in [1.54, 1.807) is 30.6 Å². The molecule has 2 amide bonds. The molecule has 2 atom stereocenters. The number of aliphatic hydroxyl groups is 1. The van der Waals surface area contributed by atoms with Gasteiger partial charge in [0.2, 0.25) is 0 Å². The summed E-state index contributed by atoms with van der Waals surface area (Å²) < 4.78 is 21.1. The van der Waals surface area contributed by atoms with Crippen LogP contribution in [0.2, 0.25) is 0 Å². The van der Waals surface area contributed by atoms with Crippen LogP contribution >= 0.6 is 0 Å². The van der Waals surface area contributed by atoms with Crippen LogP contribution in [-0.2, 0) is 11.3 Å². The number of halogens is 1. The Labute approximate surface area is 194 Å². The summed E-state index contributed by atoms with van der Waals surface area (Å²) in [5, 5.41) is 16.7. The van der Waals surface area contributed by atoms with Gasteiger partial charge in [0, 0.05) is 37.6 Å². The van der Waals surface area contributed by atoms with Gasteiger partial charge in [0.25, 0.3) is 11.8 Å². The van der Waals surface area contributed by atoms with Crippen LogP contribution in [0.4, 0.5) is 15.8 Å². The van der Waals surface area contributed by atoms with Crippen molar-refractivity contribution in [3.63, 3.8) is 0 Å². The van der Waals surface area contributed by atoms with E-state index in [9.17, 15) is 19.1 Å². The van der Waals surface area contributed by atoms with Crippen molar-refractivity contribution in [1.29, 1.82) is 0 Å². The number of amides is 2. The first-order chi connectivity index (χ1) is 16.4. The summed E-state index contributed by atoms with van der Waals surface area (Å²) in [4.78, 5) is 33.8. The minimum atomic E-state index is -1.54. The highest BCUT2D eigenvalue weighted by Crippen LogP contribution is 2.35. The Bertz CT molecular complexity index is 1240. The fourth-order valence-corrected chi connectivity index (χ4v) is 4.26. The zero-order valence-electron chi connectivity index (χ0n) is 18.6. The molecule has 4 heterocycles. The van der Waals surface area contributed by atoms with Crippen LogP contribution in [-0.4, -0.2) is 81.5 Å². The van der Waals surface area contributed by atoms with Crippen LogP contribution in [0.1, 0.15) is 33.2 Å². The molecule has 10 nitrogen and oxygen atoms in total. The van der Waals surface area contributed by atoms with E-state index in [1.807, 2.05) is 0 Å². The summed E-state index contributed by atoms with van der Waals surface area (Å²) in [5.74, 6) is -0.667. The molecule has 34 heavy (non-hydrogen) atoms. The molecular formula is C23H25FN6O4. The first-order valence-electron chi connectivity index (χ1n) is 11.1. The number of aromatic nitrogens is 3. The lowest BCUT2D eigenvalue weighted by atomic mass is 10.1. The average Bonchev–Trinajstić information content (AvgIpc) is 3.40. The maximum Gasteiger partial charge on any atom is 0.261 e. The van der Waals surface area contributed by atoms with Gasteiger partial charge in [-0.25, -0.2) is 13.9 Å². The van der Waals surface area contributed by atoms with E-state index in [1.165, 1.54) is 22.5 Å². The second kappa shape index (κ2) is 8.99. The van der Waals surface area contributed by atoms with Gasteiger partial charge in [-0.15, -0.1) is 0 Å². The Kier molecular flexibility index (Phi) is 5.88. The molecule has 0 spiro atoms. The van der Waals surface area contributed by atoms with E-state index in [-0.39, 0.29) is 24.9 Å². The second-order valence-corrected chi connectivity index (χ2v) is 8.47. The number of morpholine rings is 1. The van der Waals surface area contributed by atoms with Crippen molar-refractivity contribution in [2.45, 2.75) is 25.7 Å². The number of alkyl halides is 1. The van der Waals surface area contributed by atoms with Crippen LogP contribution < -0.4 is 10.2 Å². The zero-order valence-corrected chi connectivity index (χ0v) is 18.6. The highest BCUT2D eigenvalue weighted by Gasteiger charge is 2.33. The number of hydrogen-bond acceptors (Lipinski definition) is 7. The molecule has 0 bridgehead atoms. The molecule has 5 rings (SSSR count). The maximum atomic E-state index is 14.1. The Hall–Kier alpha value is -3.57. The van der Waals surface area contributed by atoms with E-state index in [0.717, 1.165) is 0 Å². The first-order valence-corrected chi connectivity index (χ1v) is 11.1. The minimum Gasteiger partial charge on any atom is -0.390 e. The summed E-state index contributed by atoms with van der Waals surface area (Å²) in [5.41, 5.74) is 3.15. The summed E-state index contributed by atoms with van der Waals surface area (Å²) in [7, 11) is 0. The van der Waals surface area contributed by atoms with Crippen molar-refractivity contribution >= 4 is 28.8 Å². The van der Waals surface area contributed by atoms with Crippen molar-refractivity contribution in [3.8, 4) is 0 Å². The van der Waals surface area contributed by atoms with Crippen molar-refractivity contribution in [3.05, 3.63) is 53.5 Å². The van der Waals surface area contributed by atoms with Crippen molar-refractivity contribution < 1.29 is 23.8 Å². The molecule has 0 saturated carbocycles. The van der Waals surface area contributed by atoms with Crippen LogP contribution in [0.25, 0.3) is 5.65 Å². The number of aliphatic hydroxyl groups excluding tert-OH is 1. The summed E-state index contributed by atoms with van der Waals surface area (Å²) in [6.45, 7) is 3.62. The van der Waals surface area contributed by atoms with Gasteiger partial charge in [0.05, 0.1) is 43.4 Å². The molecule has 11 heteroatoms. The zero-order chi connectivity index (χ0) is 23.8. The molecule has 1 aromatic carbocycles. The second-order valence-electron chi connectivity index (χ2n) is 8.47. The van der Waals surface area contributed by atoms with Gasteiger partial charge in [-0.1, -0.05) is 0 Å². The van der Waals surface area contributed by atoms with Crippen molar-refractivity contribution in [2.75, 3.05) is 43.1 Å². The molecule has 3 aromatic rings. The lowest BCUT2D eigenvalue weighted by Crippen LogP contribution is -2.37. The molecule has 1 saturated heterocycles. The predicted molar refractivity (Wildman–Crippen MR) is 122 cm³/mol. The fourth-order valence-electron chi connectivity index (χ4n) is 4.26. The Balaban J connectivity index is 1.48. The molecule has 2 aliphatic rings. The number of benzene rings is 1. The largest absolute Gasteiger partial charge is 0.390 e. The van der Waals surface area contributed by atoms with Gasteiger partial charge in [-0.05, 0) is 30.7 Å². The third-order valence-electron chi connectivity index (χ3n) is 6.14. The SMILES string of the molecule is CC(O)[C@@H](F)CN1Cc2cc(NC(=O)c3cnn4cccnc34)c(N3CCOCC3)cc2C1=O. The standard InChI is InChI=1S/C23H25FN6O4/c1-14(31)18(24)13-29-12-15-9-19(20(10-16(15)23(29)33)28-5-7-34-8-6-28)27-22(32)17-11-26-30-4-2-3-25-21(17)30/h2-4,9-11,14,18,31H,5-8,12-13H2,1H3,(H,27,32)/t14?,18-/m0/s1. The fraction of sp³-hybridized carbons (Fsp3) is 0.391. The number of rotatable bonds is 6. The van der Waals surface area contributed by atoms with E-state index in [0.29, 0.717) is 60.0 Å². The predicted octanol–water partition coefficient (Wildman–Crippen LogP) is 1.49. The van der Waals surface area contributed by atoms with Gasteiger partial charge in [-0.3, -0.25) is 9.59 Å². The van der Waals surface area contributed by atoms with Gasteiger partial charge in [0.15, 0.2) is 5.65 Å². The molecule has 1 unspecified atom stereocenters. The highest BCUT2D eigenvalue weighted by atomic mass is 19.1. The topological polar surface area (TPSA) is 112 Å². The first kappa shape index (κ1) is 22.2. The maximum absolute atomic E-state index is 14.1. The normalized spacial score (nSPS) is 17.7. The van der Waals surface area contributed by atoms with Crippen molar-refractivity contribution in [1.82, 2.24) is 19.5 Å². The minimum absolute atomic E-state index is 0.200. The lowest BCUT2D eigenvalue weighted by molar-refractivity contribution is 0.0515. The molecule has 0 aliphatic carbocycles. The Morgan fingerprint density at radius 1 is 1.32 bits per heavy atom. The molecule has 2 aliphatic heterocycles. The van der Waals surface area contributed by atoms with Crippen LogP contribution in [0.15, 0.2) is 36.8 Å². The van der Waals surface area contributed by atoms with Crippen molar-refractivity contribution in [2.24, 2.45) is 0 Å². The monoisotopic (exact) mass is 468 g/mol. The van der Waals surface area contributed by atoms with E-state index in [2.05, 4.69) is 20.3 Å². The number of fused-ring (bicyclic) bond motifs is 2. The number of nitrogens with one attached hydrogen (secondary N) is 1. The Morgan fingerprint density at radius 2 is 2.12 bits per heavy atom. The smallest absolute Gasteiger partial charge is 0.261 e. The molecule has 178 valence electrons. The van der Waals surface area contributed by atoms with Crippen LogP contribution in [0, 0.1) is 0 Å².